The molecule has 2 rings (SSSR count). The number of hydrogen-bond acceptors (Lipinski definition) is 3. The van der Waals surface area contributed by atoms with Crippen molar-refractivity contribution >= 4 is 23.2 Å². The van der Waals surface area contributed by atoms with Crippen LogP contribution in [0.1, 0.15) is 19.4 Å². The van der Waals surface area contributed by atoms with Gasteiger partial charge in [-0.1, -0.05) is 19.9 Å². The third-order valence-electron chi connectivity index (χ3n) is 3.44. The Kier molecular flexibility index (Phi) is 2.65. The van der Waals surface area contributed by atoms with Crippen LogP contribution in [0.3, 0.4) is 0 Å². The van der Waals surface area contributed by atoms with Crippen LogP contribution in [0.25, 0.3) is 0 Å². The number of nitrogens with two attached hydrogens (primary N) is 1. The molecule has 4 heteroatoms. The van der Waals surface area contributed by atoms with Crippen molar-refractivity contribution in [1.29, 1.82) is 0 Å². The van der Waals surface area contributed by atoms with Crippen molar-refractivity contribution in [3.63, 3.8) is 0 Å². The molecule has 2 atom stereocenters. The van der Waals surface area contributed by atoms with Gasteiger partial charge in [-0.2, -0.15) is 0 Å². The standard InChI is InChI=1S/C13H16N2O2/c1-7-4-5-10(14)6-11(7)15-12(16)8(2)9(3)13(15)17/h4-6,8-9H,14H2,1-3H3. The van der Waals surface area contributed by atoms with Gasteiger partial charge in [0.2, 0.25) is 11.8 Å². The summed E-state index contributed by atoms with van der Waals surface area (Å²) >= 11 is 0. The Morgan fingerprint density at radius 3 is 2.18 bits per heavy atom. The summed E-state index contributed by atoms with van der Waals surface area (Å²) in [5.74, 6) is -0.806. The van der Waals surface area contributed by atoms with Crippen LogP contribution in [0, 0.1) is 18.8 Å². The first-order chi connectivity index (χ1) is 7.93. The smallest absolute Gasteiger partial charge is 0.237 e. The van der Waals surface area contributed by atoms with E-state index in [-0.39, 0.29) is 23.7 Å². The van der Waals surface area contributed by atoms with E-state index in [0.29, 0.717) is 11.4 Å². The predicted octanol–water partition coefficient (Wildman–Crippen LogP) is 1.72. The molecule has 2 N–H and O–H groups in total. The lowest BCUT2D eigenvalue weighted by Gasteiger charge is -2.17. The number of hydrogen-bond donors (Lipinski definition) is 1. The number of anilines is 2. The molecule has 1 aromatic carbocycles. The molecule has 0 aromatic heterocycles. The van der Waals surface area contributed by atoms with Gasteiger partial charge in [0, 0.05) is 17.5 Å². The summed E-state index contributed by atoms with van der Waals surface area (Å²) in [6, 6.07) is 5.26. The Hall–Kier alpha value is -1.84. The minimum atomic E-state index is -0.261. The van der Waals surface area contributed by atoms with E-state index in [4.69, 9.17) is 5.73 Å². The van der Waals surface area contributed by atoms with E-state index in [1.165, 1.54) is 4.90 Å². The molecule has 1 heterocycles. The highest BCUT2D eigenvalue weighted by atomic mass is 16.2. The van der Waals surface area contributed by atoms with Crippen LogP contribution in [0.5, 0.6) is 0 Å². The fourth-order valence-corrected chi connectivity index (χ4v) is 2.05. The average Bonchev–Trinajstić information content (AvgIpc) is 2.48. The monoisotopic (exact) mass is 232 g/mol. The molecule has 0 bridgehead atoms. The van der Waals surface area contributed by atoms with Gasteiger partial charge in [0.25, 0.3) is 0 Å². The first-order valence-electron chi connectivity index (χ1n) is 5.67. The lowest BCUT2D eigenvalue weighted by Crippen LogP contribution is -2.31. The molecule has 17 heavy (non-hydrogen) atoms. The van der Waals surface area contributed by atoms with Crippen LogP contribution >= 0.6 is 0 Å². The molecular formula is C13H16N2O2. The first-order valence-corrected chi connectivity index (χ1v) is 5.67. The van der Waals surface area contributed by atoms with Gasteiger partial charge in [-0.05, 0) is 24.6 Å². The number of benzene rings is 1. The summed E-state index contributed by atoms with van der Waals surface area (Å²) in [5, 5.41) is 0. The van der Waals surface area contributed by atoms with E-state index in [0.717, 1.165) is 5.56 Å². The number of imide groups is 1. The number of nitrogen functional groups attached to an aromatic ring is 1. The second-order valence-electron chi connectivity index (χ2n) is 4.64. The molecule has 4 nitrogen and oxygen atoms in total. The molecule has 90 valence electrons. The fraction of sp³-hybridized carbons (Fsp3) is 0.385. The maximum atomic E-state index is 12.1. The fourth-order valence-electron chi connectivity index (χ4n) is 2.05. The van der Waals surface area contributed by atoms with E-state index < -0.39 is 0 Å². The molecule has 0 spiro atoms. The third-order valence-corrected chi connectivity index (χ3v) is 3.44. The van der Waals surface area contributed by atoms with Gasteiger partial charge in [-0.25, -0.2) is 4.90 Å². The maximum absolute atomic E-state index is 12.1. The van der Waals surface area contributed by atoms with Crippen LogP contribution in [-0.2, 0) is 9.59 Å². The van der Waals surface area contributed by atoms with Gasteiger partial charge < -0.3 is 5.73 Å². The largest absolute Gasteiger partial charge is 0.399 e. The van der Waals surface area contributed by atoms with Crippen molar-refractivity contribution in [3.8, 4) is 0 Å². The van der Waals surface area contributed by atoms with Crippen molar-refractivity contribution in [2.75, 3.05) is 10.6 Å². The topological polar surface area (TPSA) is 63.4 Å². The Balaban J connectivity index is 2.50. The van der Waals surface area contributed by atoms with Gasteiger partial charge in [0.1, 0.15) is 0 Å². The summed E-state index contributed by atoms with van der Waals surface area (Å²) in [6.45, 7) is 5.43. The first kappa shape index (κ1) is 11.6. The highest BCUT2D eigenvalue weighted by molar-refractivity contribution is 6.22. The number of carbonyl (C=O) groups excluding carboxylic acids is 2. The lowest BCUT2D eigenvalue weighted by molar-refractivity contribution is -0.122. The molecule has 1 aromatic rings. The van der Waals surface area contributed by atoms with Gasteiger partial charge >= 0.3 is 0 Å². The minimum absolute atomic E-state index is 0.142. The number of carbonyl (C=O) groups is 2. The minimum Gasteiger partial charge on any atom is -0.399 e. The number of aryl methyl sites for hydroxylation is 1. The number of amides is 2. The predicted molar refractivity (Wildman–Crippen MR) is 66.4 cm³/mol. The van der Waals surface area contributed by atoms with Gasteiger partial charge in [-0.3, -0.25) is 9.59 Å². The Labute approximate surface area is 100 Å². The number of nitrogens with zero attached hydrogens (tertiary/aromatic N) is 1. The molecule has 0 aliphatic carbocycles. The molecule has 0 saturated carbocycles. The highest BCUT2D eigenvalue weighted by Crippen LogP contribution is 2.33. The van der Waals surface area contributed by atoms with E-state index in [1.54, 1.807) is 26.0 Å². The van der Waals surface area contributed by atoms with Gasteiger partial charge in [0.15, 0.2) is 0 Å². The summed E-state index contributed by atoms with van der Waals surface area (Å²) in [5.41, 5.74) is 7.74. The van der Waals surface area contributed by atoms with Crippen molar-refractivity contribution in [1.82, 2.24) is 0 Å². The maximum Gasteiger partial charge on any atom is 0.237 e. The van der Waals surface area contributed by atoms with Gasteiger partial charge in [-0.15, -0.1) is 0 Å². The molecule has 1 aliphatic rings. The van der Waals surface area contributed by atoms with Crippen molar-refractivity contribution in [2.24, 2.45) is 11.8 Å². The lowest BCUT2D eigenvalue weighted by atomic mass is 10.00. The summed E-state index contributed by atoms with van der Waals surface area (Å²) in [4.78, 5) is 25.4. The average molecular weight is 232 g/mol. The second kappa shape index (κ2) is 3.87. The molecule has 1 fully saturated rings. The van der Waals surface area contributed by atoms with Crippen molar-refractivity contribution in [2.45, 2.75) is 20.8 Å². The normalized spacial score (nSPS) is 24.5. The van der Waals surface area contributed by atoms with Crippen LogP contribution in [0.15, 0.2) is 18.2 Å². The summed E-state index contributed by atoms with van der Waals surface area (Å²) in [7, 11) is 0. The Morgan fingerprint density at radius 1 is 1.12 bits per heavy atom. The van der Waals surface area contributed by atoms with Crippen LogP contribution in [0.2, 0.25) is 0 Å². The molecule has 1 saturated heterocycles. The molecule has 2 amide bonds. The Bertz CT molecular complexity index is 476. The number of rotatable bonds is 1. The SMILES string of the molecule is Cc1ccc(N)cc1N1C(=O)C(C)C(C)C1=O. The van der Waals surface area contributed by atoms with E-state index in [9.17, 15) is 9.59 Å². The summed E-state index contributed by atoms with van der Waals surface area (Å²) < 4.78 is 0. The van der Waals surface area contributed by atoms with E-state index in [1.807, 2.05) is 13.0 Å². The highest BCUT2D eigenvalue weighted by Gasteiger charge is 2.43. The summed E-state index contributed by atoms with van der Waals surface area (Å²) in [6.07, 6.45) is 0. The third kappa shape index (κ3) is 1.69. The van der Waals surface area contributed by atoms with Crippen molar-refractivity contribution < 1.29 is 9.59 Å². The molecule has 1 aliphatic heterocycles. The Morgan fingerprint density at radius 2 is 1.65 bits per heavy atom. The zero-order valence-electron chi connectivity index (χ0n) is 10.2. The van der Waals surface area contributed by atoms with Crippen LogP contribution in [-0.4, -0.2) is 11.8 Å². The molecule has 2 unspecified atom stereocenters. The molecular weight excluding hydrogens is 216 g/mol. The zero-order valence-corrected chi connectivity index (χ0v) is 10.2. The van der Waals surface area contributed by atoms with Gasteiger partial charge in [0.05, 0.1) is 5.69 Å². The zero-order chi connectivity index (χ0) is 12.7. The van der Waals surface area contributed by atoms with E-state index >= 15 is 0 Å². The van der Waals surface area contributed by atoms with E-state index in [2.05, 4.69) is 0 Å². The second-order valence-corrected chi connectivity index (χ2v) is 4.64. The molecule has 0 radical (unpaired) electrons. The van der Waals surface area contributed by atoms with Crippen LogP contribution < -0.4 is 10.6 Å². The quantitative estimate of drug-likeness (QED) is 0.592. The van der Waals surface area contributed by atoms with Crippen LogP contribution in [0.4, 0.5) is 11.4 Å². The van der Waals surface area contributed by atoms with Crippen molar-refractivity contribution in [3.05, 3.63) is 23.8 Å².